The average molecular weight is 498 g/mol. The van der Waals surface area contributed by atoms with E-state index in [-0.39, 0.29) is 22.0 Å². The van der Waals surface area contributed by atoms with E-state index in [2.05, 4.69) is 15.3 Å². The van der Waals surface area contributed by atoms with E-state index < -0.39 is 17.5 Å². The first-order valence-electron chi connectivity index (χ1n) is 11.4. The number of pyridine rings is 2. The maximum Gasteiger partial charge on any atom is 0.434 e. The summed E-state index contributed by atoms with van der Waals surface area (Å²) in [6.07, 6.45) is 0.0508. The van der Waals surface area contributed by atoms with Crippen LogP contribution in [-0.2, 0) is 11.8 Å². The summed E-state index contributed by atoms with van der Waals surface area (Å²) in [4.78, 5) is 8.18. The summed E-state index contributed by atoms with van der Waals surface area (Å²) in [5.41, 5.74) is -0.970. The lowest BCUT2D eigenvalue weighted by Gasteiger charge is -2.39. The molecule has 1 saturated heterocycles. The van der Waals surface area contributed by atoms with E-state index in [1.54, 1.807) is 60.9 Å². The third-order valence-electron chi connectivity index (χ3n) is 6.72. The molecule has 2 aromatic heterocycles. The van der Waals surface area contributed by atoms with E-state index in [4.69, 9.17) is 11.6 Å². The summed E-state index contributed by atoms with van der Waals surface area (Å²) in [7, 11) is 0. The van der Waals surface area contributed by atoms with Crippen LogP contribution >= 0.6 is 11.6 Å². The zero-order valence-corrected chi connectivity index (χ0v) is 19.4. The van der Waals surface area contributed by atoms with Gasteiger partial charge in [0.2, 0.25) is 0 Å². The van der Waals surface area contributed by atoms with Crippen LogP contribution in [0.5, 0.6) is 0 Å². The molecule has 1 fully saturated rings. The summed E-state index contributed by atoms with van der Waals surface area (Å²) in [6.45, 7) is 1.52. The summed E-state index contributed by atoms with van der Waals surface area (Å²) in [5, 5.41) is 15.8. The monoisotopic (exact) mass is 497 g/mol. The molecule has 1 aliphatic rings. The maximum atomic E-state index is 14.0. The third-order valence-corrected chi connectivity index (χ3v) is 7.12. The molecular weight excluding hydrogens is 475 g/mol. The second-order valence-corrected chi connectivity index (χ2v) is 9.16. The molecule has 0 spiro atoms. The van der Waals surface area contributed by atoms with Crippen LogP contribution in [0.2, 0.25) is 5.02 Å². The van der Waals surface area contributed by atoms with Crippen molar-refractivity contribution < 1.29 is 18.3 Å². The average Bonchev–Trinajstić information content (AvgIpc) is 2.89. The van der Waals surface area contributed by atoms with Gasteiger partial charge in [0.15, 0.2) is 5.69 Å². The van der Waals surface area contributed by atoms with Crippen molar-refractivity contribution in [3.8, 4) is 11.1 Å². The first kappa shape index (κ1) is 23.7. The molecular formula is C27H23ClF3N3O. The molecule has 0 amide bonds. The third kappa shape index (κ3) is 4.29. The number of alkyl halides is 3. The molecule has 0 aliphatic carbocycles. The fourth-order valence-corrected chi connectivity index (χ4v) is 5.35. The van der Waals surface area contributed by atoms with Gasteiger partial charge in [0.05, 0.1) is 10.5 Å². The molecule has 1 aliphatic heterocycles. The number of hydrogen-bond donors (Lipinski definition) is 2. The molecule has 0 bridgehead atoms. The fraction of sp³-hybridized carbons (Fsp3) is 0.259. The van der Waals surface area contributed by atoms with E-state index in [0.717, 1.165) is 25.9 Å². The molecule has 35 heavy (non-hydrogen) atoms. The lowest BCUT2D eigenvalue weighted by Crippen LogP contribution is -2.42. The van der Waals surface area contributed by atoms with Crippen LogP contribution in [0.3, 0.4) is 0 Å². The zero-order chi connectivity index (χ0) is 24.6. The predicted octanol–water partition coefficient (Wildman–Crippen LogP) is 6.20. The lowest BCUT2D eigenvalue weighted by molar-refractivity contribution is -0.140. The number of benzene rings is 2. The highest BCUT2D eigenvalue weighted by atomic mass is 35.5. The van der Waals surface area contributed by atoms with Crippen molar-refractivity contribution in [2.24, 2.45) is 5.92 Å². The Bertz CT molecular complexity index is 1340. The molecule has 4 nitrogen and oxygen atoms in total. The van der Waals surface area contributed by atoms with E-state index in [1.165, 1.54) is 6.07 Å². The molecule has 0 radical (unpaired) electrons. The Labute approximate surface area is 205 Å². The van der Waals surface area contributed by atoms with Gasteiger partial charge in [0, 0.05) is 28.9 Å². The quantitative estimate of drug-likeness (QED) is 0.352. The maximum absolute atomic E-state index is 14.0. The minimum Gasteiger partial charge on any atom is -0.380 e. The first-order chi connectivity index (χ1) is 16.8. The van der Waals surface area contributed by atoms with Crippen molar-refractivity contribution in [3.05, 3.63) is 94.9 Å². The number of aromatic nitrogens is 2. The fourth-order valence-electron chi connectivity index (χ4n) is 5.00. The first-order valence-corrected chi connectivity index (χ1v) is 11.8. The van der Waals surface area contributed by atoms with Gasteiger partial charge in [-0.2, -0.15) is 13.2 Å². The Morgan fingerprint density at radius 3 is 2.34 bits per heavy atom. The van der Waals surface area contributed by atoms with Crippen LogP contribution in [0.15, 0.2) is 73.1 Å². The number of nitrogens with one attached hydrogen (secondary N) is 1. The summed E-state index contributed by atoms with van der Waals surface area (Å²) >= 11 is 6.70. The number of aliphatic hydroxyl groups is 1. The molecule has 180 valence electrons. The molecule has 0 saturated carbocycles. The van der Waals surface area contributed by atoms with E-state index >= 15 is 0 Å². The SMILES string of the molecule is OC(c1cccnc1)(c1ccc2nc(C(F)(F)F)c(-c3ccccc3)c(Cl)c2c1)C1CCNCC1. The summed E-state index contributed by atoms with van der Waals surface area (Å²) in [5.74, 6) is -0.111. The van der Waals surface area contributed by atoms with Gasteiger partial charge in [-0.1, -0.05) is 54.1 Å². The molecule has 2 N–H and O–H groups in total. The highest BCUT2D eigenvalue weighted by Crippen LogP contribution is 2.46. The molecule has 1 atom stereocenters. The van der Waals surface area contributed by atoms with Crippen molar-refractivity contribution in [1.29, 1.82) is 0 Å². The Balaban J connectivity index is 1.76. The molecule has 3 heterocycles. The Hall–Kier alpha value is -3.00. The topological polar surface area (TPSA) is 58.0 Å². The number of fused-ring (bicyclic) bond motifs is 1. The molecule has 8 heteroatoms. The minimum absolute atomic E-state index is 0.0470. The van der Waals surface area contributed by atoms with Gasteiger partial charge in [0.25, 0.3) is 0 Å². The number of halogens is 4. The van der Waals surface area contributed by atoms with Crippen LogP contribution in [0.25, 0.3) is 22.0 Å². The number of nitrogens with zero attached hydrogens (tertiary/aromatic N) is 2. The Kier molecular flexibility index (Phi) is 6.25. The van der Waals surface area contributed by atoms with Crippen LogP contribution in [0, 0.1) is 5.92 Å². The Morgan fingerprint density at radius 1 is 0.943 bits per heavy atom. The van der Waals surface area contributed by atoms with Crippen molar-refractivity contribution in [1.82, 2.24) is 15.3 Å². The molecule has 4 aromatic rings. The van der Waals surface area contributed by atoms with Gasteiger partial charge in [-0.15, -0.1) is 0 Å². The second kappa shape index (κ2) is 9.22. The lowest BCUT2D eigenvalue weighted by atomic mass is 9.72. The van der Waals surface area contributed by atoms with Crippen LogP contribution < -0.4 is 5.32 Å². The van der Waals surface area contributed by atoms with Crippen LogP contribution in [0.1, 0.15) is 29.7 Å². The van der Waals surface area contributed by atoms with Gasteiger partial charge >= 0.3 is 6.18 Å². The number of rotatable bonds is 4. The molecule has 1 unspecified atom stereocenters. The standard InChI is InChI=1S/C27H23ClF3N3O/c28-24-21-15-19(26(35,18-10-13-32-14-11-18)20-7-4-12-33-16-20)8-9-22(21)34-25(27(29,30)31)23(24)17-5-2-1-3-6-17/h1-9,12,15-16,18,32,35H,10-11,13-14H2. The molecule has 2 aromatic carbocycles. The summed E-state index contributed by atoms with van der Waals surface area (Å²) in [6, 6.07) is 16.6. The van der Waals surface area contributed by atoms with Gasteiger partial charge in [-0.05, 0) is 61.2 Å². The van der Waals surface area contributed by atoms with Crippen molar-refractivity contribution in [2.45, 2.75) is 24.6 Å². The number of piperidine rings is 1. The second-order valence-electron chi connectivity index (χ2n) is 8.78. The van der Waals surface area contributed by atoms with E-state index in [9.17, 15) is 18.3 Å². The molecule has 5 rings (SSSR count). The predicted molar refractivity (Wildman–Crippen MR) is 130 cm³/mol. The van der Waals surface area contributed by atoms with Crippen molar-refractivity contribution in [3.63, 3.8) is 0 Å². The smallest absolute Gasteiger partial charge is 0.380 e. The normalized spacial score (nSPS) is 16.8. The van der Waals surface area contributed by atoms with Gasteiger partial charge in [-0.25, -0.2) is 4.98 Å². The van der Waals surface area contributed by atoms with Crippen LogP contribution in [0.4, 0.5) is 13.2 Å². The van der Waals surface area contributed by atoms with Gasteiger partial charge in [0.1, 0.15) is 5.60 Å². The van der Waals surface area contributed by atoms with Crippen molar-refractivity contribution >= 4 is 22.5 Å². The van der Waals surface area contributed by atoms with E-state index in [0.29, 0.717) is 22.1 Å². The van der Waals surface area contributed by atoms with Gasteiger partial charge in [-0.3, -0.25) is 4.98 Å². The zero-order valence-electron chi connectivity index (χ0n) is 18.7. The largest absolute Gasteiger partial charge is 0.434 e. The highest BCUT2D eigenvalue weighted by molar-refractivity contribution is 6.38. The highest BCUT2D eigenvalue weighted by Gasteiger charge is 2.42. The van der Waals surface area contributed by atoms with E-state index in [1.807, 2.05) is 6.07 Å². The van der Waals surface area contributed by atoms with Crippen LogP contribution in [-0.4, -0.2) is 28.2 Å². The number of hydrogen-bond acceptors (Lipinski definition) is 4. The van der Waals surface area contributed by atoms with Crippen molar-refractivity contribution in [2.75, 3.05) is 13.1 Å². The van der Waals surface area contributed by atoms with Gasteiger partial charge < -0.3 is 10.4 Å². The summed E-state index contributed by atoms with van der Waals surface area (Å²) < 4.78 is 42.0. The Morgan fingerprint density at radius 2 is 1.69 bits per heavy atom. The minimum atomic E-state index is -4.69.